The Bertz CT molecular complexity index is 201. The van der Waals surface area contributed by atoms with Crippen LogP contribution in [0.15, 0.2) is 0 Å². The van der Waals surface area contributed by atoms with E-state index in [-0.39, 0.29) is 0 Å². The monoisotopic (exact) mass is 224 g/mol. The molecule has 94 valence electrons. The summed E-state index contributed by atoms with van der Waals surface area (Å²) in [5.41, 5.74) is 0. The molecule has 1 N–H and O–H groups in total. The van der Waals surface area contributed by atoms with E-state index in [0.717, 1.165) is 17.9 Å². The van der Waals surface area contributed by atoms with Crippen molar-refractivity contribution in [3.63, 3.8) is 0 Å². The van der Waals surface area contributed by atoms with Crippen LogP contribution < -0.4 is 5.32 Å². The Hall–Kier alpha value is -0.0800. The maximum Gasteiger partial charge on any atom is 0.0195 e. The molecule has 0 aromatic carbocycles. The molecule has 0 spiro atoms. The van der Waals surface area contributed by atoms with Crippen LogP contribution in [-0.4, -0.2) is 37.1 Å². The van der Waals surface area contributed by atoms with Crippen molar-refractivity contribution >= 4 is 0 Å². The van der Waals surface area contributed by atoms with Crippen LogP contribution in [0.3, 0.4) is 0 Å². The van der Waals surface area contributed by atoms with Gasteiger partial charge in [-0.3, -0.25) is 0 Å². The summed E-state index contributed by atoms with van der Waals surface area (Å²) in [6.45, 7) is 9.85. The van der Waals surface area contributed by atoms with Crippen LogP contribution in [0, 0.1) is 11.8 Å². The van der Waals surface area contributed by atoms with E-state index in [2.05, 4.69) is 24.1 Å². The highest BCUT2D eigenvalue weighted by molar-refractivity contribution is 4.84. The molecule has 1 saturated heterocycles. The first-order chi connectivity index (χ1) is 7.79. The lowest BCUT2D eigenvalue weighted by atomic mass is 10.0. The standard InChI is InChI=1S/C14H28N2/c1-3-8-15-14-5-4-9-16(11-14)10-12(2)13-6-7-13/h12-15H,3-11H2,1-2H3. The maximum absolute atomic E-state index is 3.68. The molecule has 16 heavy (non-hydrogen) atoms. The fourth-order valence-electron chi connectivity index (χ4n) is 2.96. The van der Waals surface area contributed by atoms with Gasteiger partial charge in [0.2, 0.25) is 0 Å². The molecule has 0 bridgehead atoms. The maximum atomic E-state index is 3.68. The zero-order valence-corrected chi connectivity index (χ0v) is 11.0. The van der Waals surface area contributed by atoms with E-state index in [1.807, 2.05) is 0 Å². The highest BCUT2D eigenvalue weighted by atomic mass is 15.2. The zero-order chi connectivity index (χ0) is 11.4. The Kier molecular flexibility index (Phi) is 4.66. The lowest BCUT2D eigenvalue weighted by Crippen LogP contribution is -2.47. The Morgan fingerprint density at radius 3 is 2.81 bits per heavy atom. The van der Waals surface area contributed by atoms with Crippen LogP contribution in [0.2, 0.25) is 0 Å². The highest BCUT2D eigenvalue weighted by Crippen LogP contribution is 2.37. The summed E-state index contributed by atoms with van der Waals surface area (Å²) in [6, 6.07) is 0.764. The van der Waals surface area contributed by atoms with Crippen LogP contribution in [0.4, 0.5) is 0 Å². The average Bonchev–Trinajstić information content (AvgIpc) is 3.10. The molecule has 1 saturated carbocycles. The molecule has 2 unspecified atom stereocenters. The highest BCUT2D eigenvalue weighted by Gasteiger charge is 2.30. The number of nitrogens with one attached hydrogen (secondary N) is 1. The van der Waals surface area contributed by atoms with Crippen LogP contribution in [0.25, 0.3) is 0 Å². The summed E-state index contributed by atoms with van der Waals surface area (Å²) in [7, 11) is 0. The molecule has 2 heteroatoms. The van der Waals surface area contributed by atoms with E-state index >= 15 is 0 Å². The zero-order valence-electron chi connectivity index (χ0n) is 11.0. The van der Waals surface area contributed by atoms with Gasteiger partial charge < -0.3 is 10.2 Å². The van der Waals surface area contributed by atoms with Crippen LogP contribution >= 0.6 is 0 Å². The normalized spacial score (nSPS) is 29.2. The fraction of sp³-hybridized carbons (Fsp3) is 1.00. The third kappa shape index (κ3) is 3.74. The molecule has 0 aromatic rings. The smallest absolute Gasteiger partial charge is 0.0195 e. The molecular weight excluding hydrogens is 196 g/mol. The molecule has 1 aliphatic carbocycles. The molecular formula is C14H28N2. The fourth-order valence-corrected chi connectivity index (χ4v) is 2.96. The first-order valence-corrected chi connectivity index (χ1v) is 7.25. The second kappa shape index (κ2) is 6.02. The minimum Gasteiger partial charge on any atom is -0.313 e. The first kappa shape index (κ1) is 12.4. The van der Waals surface area contributed by atoms with Gasteiger partial charge in [0.15, 0.2) is 0 Å². The van der Waals surface area contributed by atoms with Crippen molar-refractivity contribution in [1.82, 2.24) is 10.2 Å². The lowest BCUT2D eigenvalue weighted by molar-refractivity contribution is 0.163. The van der Waals surface area contributed by atoms with Gasteiger partial charge in [-0.25, -0.2) is 0 Å². The average molecular weight is 224 g/mol. The van der Waals surface area contributed by atoms with Crippen molar-refractivity contribution in [3.05, 3.63) is 0 Å². The Balaban J connectivity index is 1.68. The summed E-state index contributed by atoms with van der Waals surface area (Å²) >= 11 is 0. The summed E-state index contributed by atoms with van der Waals surface area (Å²) < 4.78 is 0. The van der Waals surface area contributed by atoms with Gasteiger partial charge in [0.05, 0.1) is 0 Å². The molecule has 2 nitrogen and oxygen atoms in total. The van der Waals surface area contributed by atoms with Gasteiger partial charge >= 0.3 is 0 Å². The summed E-state index contributed by atoms with van der Waals surface area (Å²) in [6.07, 6.45) is 7.01. The SMILES string of the molecule is CCCNC1CCCN(CC(C)C2CC2)C1. The number of nitrogens with zero attached hydrogens (tertiary/aromatic N) is 1. The van der Waals surface area contributed by atoms with Gasteiger partial charge in [-0.2, -0.15) is 0 Å². The van der Waals surface area contributed by atoms with Gasteiger partial charge in [-0.05, 0) is 57.0 Å². The molecule has 2 atom stereocenters. The van der Waals surface area contributed by atoms with E-state index in [1.165, 1.54) is 58.3 Å². The van der Waals surface area contributed by atoms with E-state index in [0.29, 0.717) is 0 Å². The Morgan fingerprint density at radius 1 is 1.31 bits per heavy atom. The van der Waals surface area contributed by atoms with Gasteiger partial charge in [0.1, 0.15) is 0 Å². The number of rotatable bonds is 6. The second-order valence-corrected chi connectivity index (χ2v) is 5.87. The number of piperidine rings is 1. The van der Waals surface area contributed by atoms with Crippen molar-refractivity contribution in [3.8, 4) is 0 Å². The van der Waals surface area contributed by atoms with Gasteiger partial charge in [0.25, 0.3) is 0 Å². The largest absolute Gasteiger partial charge is 0.313 e. The quantitative estimate of drug-likeness (QED) is 0.746. The van der Waals surface area contributed by atoms with Crippen LogP contribution in [0.5, 0.6) is 0 Å². The molecule has 2 fully saturated rings. The molecule has 2 rings (SSSR count). The van der Waals surface area contributed by atoms with Gasteiger partial charge in [-0.1, -0.05) is 13.8 Å². The number of hydrogen-bond acceptors (Lipinski definition) is 2. The van der Waals surface area contributed by atoms with E-state index < -0.39 is 0 Å². The lowest BCUT2D eigenvalue weighted by Gasteiger charge is -2.34. The third-order valence-electron chi connectivity index (χ3n) is 4.16. The molecule has 0 aromatic heterocycles. The molecule has 2 aliphatic rings. The Labute approximate surface area is 101 Å². The van der Waals surface area contributed by atoms with Crippen molar-refractivity contribution in [2.24, 2.45) is 11.8 Å². The Morgan fingerprint density at radius 2 is 2.12 bits per heavy atom. The molecule has 1 aliphatic heterocycles. The van der Waals surface area contributed by atoms with Crippen molar-refractivity contribution in [1.29, 1.82) is 0 Å². The van der Waals surface area contributed by atoms with Crippen molar-refractivity contribution in [2.45, 2.75) is 52.0 Å². The topological polar surface area (TPSA) is 15.3 Å². The van der Waals surface area contributed by atoms with Gasteiger partial charge in [0, 0.05) is 19.1 Å². The molecule has 0 amide bonds. The summed E-state index contributed by atoms with van der Waals surface area (Å²) in [5, 5.41) is 3.68. The predicted octanol–water partition coefficient (Wildman–Crippen LogP) is 2.50. The van der Waals surface area contributed by atoms with E-state index in [9.17, 15) is 0 Å². The first-order valence-electron chi connectivity index (χ1n) is 7.25. The minimum atomic E-state index is 0.764. The van der Waals surface area contributed by atoms with Crippen LogP contribution in [-0.2, 0) is 0 Å². The molecule has 1 heterocycles. The number of hydrogen-bond donors (Lipinski definition) is 1. The van der Waals surface area contributed by atoms with Crippen molar-refractivity contribution < 1.29 is 0 Å². The van der Waals surface area contributed by atoms with Crippen molar-refractivity contribution in [2.75, 3.05) is 26.2 Å². The van der Waals surface area contributed by atoms with Gasteiger partial charge in [-0.15, -0.1) is 0 Å². The summed E-state index contributed by atoms with van der Waals surface area (Å²) in [4.78, 5) is 2.69. The van der Waals surface area contributed by atoms with E-state index in [1.54, 1.807) is 0 Å². The second-order valence-electron chi connectivity index (χ2n) is 5.87. The number of likely N-dealkylation sites (tertiary alicyclic amines) is 1. The predicted molar refractivity (Wildman–Crippen MR) is 69.6 cm³/mol. The summed E-state index contributed by atoms with van der Waals surface area (Å²) in [5.74, 6) is 1.99. The minimum absolute atomic E-state index is 0.764. The van der Waals surface area contributed by atoms with E-state index in [4.69, 9.17) is 0 Å². The third-order valence-corrected chi connectivity index (χ3v) is 4.16. The van der Waals surface area contributed by atoms with Crippen LogP contribution in [0.1, 0.15) is 46.0 Å². The molecule has 0 radical (unpaired) electrons.